The molecule has 0 aliphatic carbocycles. The van der Waals surface area contributed by atoms with E-state index < -0.39 is 6.03 Å². The molecule has 2 aromatic heterocycles. The van der Waals surface area contributed by atoms with Crippen LogP contribution in [-0.2, 0) is 4.79 Å². The summed E-state index contributed by atoms with van der Waals surface area (Å²) in [4.78, 5) is 59.1. The van der Waals surface area contributed by atoms with Crippen molar-refractivity contribution in [3.05, 3.63) is 44.2 Å². The maximum absolute atomic E-state index is 11.6. The third-order valence-corrected chi connectivity index (χ3v) is 3.54. The van der Waals surface area contributed by atoms with Crippen LogP contribution in [0.4, 0.5) is 16.7 Å². The van der Waals surface area contributed by atoms with Gasteiger partial charge in [-0.15, -0.1) is 0 Å². The van der Waals surface area contributed by atoms with Crippen LogP contribution in [0.3, 0.4) is 0 Å². The summed E-state index contributed by atoms with van der Waals surface area (Å²) in [5.74, 6) is 0.296. The highest BCUT2D eigenvalue weighted by molar-refractivity contribution is 5.87. The van der Waals surface area contributed by atoms with Crippen molar-refractivity contribution < 1.29 is 9.59 Å². The molecule has 12 nitrogen and oxygen atoms in total. The van der Waals surface area contributed by atoms with Crippen LogP contribution in [0.2, 0.25) is 0 Å². The summed E-state index contributed by atoms with van der Waals surface area (Å²) in [6.45, 7) is 4.42. The van der Waals surface area contributed by atoms with Crippen LogP contribution in [0.1, 0.15) is 37.1 Å². The lowest BCUT2D eigenvalue weighted by Gasteiger charge is -2.06. The fourth-order valence-corrected chi connectivity index (χ4v) is 2.31. The largest absolute Gasteiger partial charge is 0.369 e. The second kappa shape index (κ2) is 13.4. The van der Waals surface area contributed by atoms with Crippen molar-refractivity contribution in [3.63, 3.8) is 0 Å². The zero-order valence-electron chi connectivity index (χ0n) is 16.9. The van der Waals surface area contributed by atoms with E-state index in [9.17, 15) is 19.2 Å². The first kappa shape index (κ1) is 24.2. The second-order valence-electron chi connectivity index (χ2n) is 6.28. The number of H-pyrrole nitrogens is 2. The van der Waals surface area contributed by atoms with Crippen LogP contribution in [0.25, 0.3) is 0 Å². The number of hydrogen-bond acceptors (Lipinski definition) is 8. The molecule has 2 aromatic rings. The van der Waals surface area contributed by atoms with Gasteiger partial charge in [0.05, 0.1) is 6.54 Å². The monoisotopic (exact) mass is 418 g/mol. The van der Waals surface area contributed by atoms with Crippen molar-refractivity contribution >= 4 is 24.0 Å². The number of unbranched alkanes of at least 4 members (excludes halogenated alkanes) is 3. The Hall–Kier alpha value is -3.79. The molecule has 0 saturated carbocycles. The van der Waals surface area contributed by atoms with E-state index in [0.717, 1.165) is 25.7 Å². The number of aromatic nitrogens is 4. The number of nitrogens with two attached hydrogens (primary N) is 1. The molecule has 6 N–H and O–H groups in total. The summed E-state index contributed by atoms with van der Waals surface area (Å²) in [6.07, 6.45) is 5.05. The second-order valence-corrected chi connectivity index (χ2v) is 6.28. The van der Waals surface area contributed by atoms with Crippen molar-refractivity contribution in [2.75, 3.05) is 24.1 Å². The highest BCUT2D eigenvalue weighted by atomic mass is 16.2. The Bertz CT molecular complexity index is 955. The zero-order chi connectivity index (χ0) is 22.4. The lowest BCUT2D eigenvalue weighted by atomic mass is 10.2. The number of urea groups is 1. The van der Waals surface area contributed by atoms with Gasteiger partial charge in [-0.3, -0.25) is 24.9 Å². The molecule has 0 bridgehead atoms. The molecule has 0 fully saturated rings. The van der Waals surface area contributed by atoms with Crippen LogP contribution in [0.5, 0.6) is 0 Å². The molecule has 0 aromatic carbocycles. The van der Waals surface area contributed by atoms with Gasteiger partial charge in [-0.25, -0.2) is 24.5 Å². The zero-order valence-corrected chi connectivity index (χ0v) is 16.9. The molecule has 12 heteroatoms. The van der Waals surface area contributed by atoms with E-state index in [1.807, 2.05) is 0 Å². The Morgan fingerprint density at radius 3 is 2.30 bits per heavy atom. The predicted octanol–water partition coefficient (Wildman–Crippen LogP) is 0.757. The molecule has 2 heterocycles. The van der Waals surface area contributed by atoms with Crippen molar-refractivity contribution in [2.45, 2.75) is 39.5 Å². The minimum absolute atomic E-state index is 0.129. The van der Waals surface area contributed by atoms with Gasteiger partial charge in [0.2, 0.25) is 18.0 Å². The van der Waals surface area contributed by atoms with Gasteiger partial charge in [0.25, 0.3) is 11.1 Å². The molecule has 0 radical (unpaired) electrons. The van der Waals surface area contributed by atoms with E-state index in [-0.39, 0.29) is 23.0 Å². The van der Waals surface area contributed by atoms with Crippen LogP contribution >= 0.6 is 0 Å². The van der Waals surface area contributed by atoms with Gasteiger partial charge >= 0.3 is 6.03 Å². The van der Waals surface area contributed by atoms with Gasteiger partial charge in [0, 0.05) is 30.1 Å². The number of amides is 2. The van der Waals surface area contributed by atoms with Crippen molar-refractivity contribution in [1.29, 1.82) is 0 Å². The van der Waals surface area contributed by atoms with Gasteiger partial charge in [0.1, 0.15) is 0 Å². The number of aliphatic imine (C=N–C) groups is 1. The number of carbonyl (C=O) groups is 1. The number of aryl methyl sites for hydroxylation is 2. The summed E-state index contributed by atoms with van der Waals surface area (Å²) < 4.78 is 0. The third kappa shape index (κ3) is 11.1. The SMILES string of the molecule is Cc1cc(=O)[nH]c(N)n1.Cc1cc(=O)[nH]c(NC(=O)NCCCCCCN=C=O)n1. The summed E-state index contributed by atoms with van der Waals surface area (Å²) in [5.41, 5.74) is 5.84. The molecular weight excluding hydrogens is 392 g/mol. The Kier molecular flexibility index (Phi) is 10.8. The number of nitrogens with one attached hydrogen (secondary N) is 4. The highest BCUT2D eigenvalue weighted by Crippen LogP contribution is 1.99. The summed E-state index contributed by atoms with van der Waals surface area (Å²) >= 11 is 0. The number of rotatable bonds is 8. The summed E-state index contributed by atoms with van der Waals surface area (Å²) in [6, 6.07) is 2.32. The average Bonchev–Trinajstić information content (AvgIpc) is 2.62. The molecule has 0 atom stereocenters. The molecule has 0 spiro atoms. The number of isocyanates is 1. The first-order valence-electron chi connectivity index (χ1n) is 9.30. The maximum atomic E-state index is 11.6. The molecule has 0 unspecified atom stereocenters. The molecule has 162 valence electrons. The van der Waals surface area contributed by atoms with E-state index >= 15 is 0 Å². The Morgan fingerprint density at radius 2 is 1.70 bits per heavy atom. The Morgan fingerprint density at radius 1 is 1.07 bits per heavy atom. The Balaban J connectivity index is 0.000000414. The van der Waals surface area contributed by atoms with E-state index in [1.165, 1.54) is 18.2 Å². The third-order valence-electron chi connectivity index (χ3n) is 3.54. The predicted molar refractivity (Wildman–Crippen MR) is 112 cm³/mol. The average molecular weight is 418 g/mol. The van der Waals surface area contributed by atoms with E-state index in [4.69, 9.17) is 5.73 Å². The van der Waals surface area contributed by atoms with Crippen LogP contribution in [-0.4, -0.2) is 45.1 Å². The molecule has 0 aliphatic heterocycles. The quantitative estimate of drug-likeness (QED) is 0.237. The van der Waals surface area contributed by atoms with Gasteiger partial charge in [-0.2, -0.15) is 0 Å². The normalized spacial score (nSPS) is 9.67. The van der Waals surface area contributed by atoms with E-state index in [2.05, 4.69) is 35.6 Å². The molecule has 2 amide bonds. The number of hydrogen-bond donors (Lipinski definition) is 5. The molecule has 30 heavy (non-hydrogen) atoms. The van der Waals surface area contributed by atoms with Gasteiger partial charge in [-0.05, 0) is 26.7 Å². The number of nitrogens with zero attached hydrogens (tertiary/aromatic N) is 3. The first-order valence-corrected chi connectivity index (χ1v) is 9.30. The van der Waals surface area contributed by atoms with Crippen molar-refractivity contribution in [1.82, 2.24) is 25.3 Å². The minimum atomic E-state index is -0.408. The van der Waals surface area contributed by atoms with Gasteiger partial charge in [0.15, 0.2) is 0 Å². The smallest absolute Gasteiger partial charge is 0.321 e. The van der Waals surface area contributed by atoms with Gasteiger partial charge < -0.3 is 11.1 Å². The van der Waals surface area contributed by atoms with Crippen LogP contribution in [0, 0.1) is 13.8 Å². The number of aromatic amines is 2. The van der Waals surface area contributed by atoms with E-state index in [0.29, 0.717) is 24.5 Å². The van der Waals surface area contributed by atoms with Crippen molar-refractivity contribution in [3.8, 4) is 0 Å². The number of nitrogen functional groups attached to an aromatic ring is 1. The first-order chi connectivity index (χ1) is 14.3. The molecule has 0 saturated heterocycles. The molecule has 2 rings (SSSR count). The number of anilines is 2. The molecular formula is C18H26N8O4. The summed E-state index contributed by atoms with van der Waals surface area (Å²) in [5, 5.41) is 5.14. The van der Waals surface area contributed by atoms with Crippen LogP contribution < -0.4 is 27.5 Å². The standard InChI is InChI=1S/C13H19N5O3.C5H7N3O/c1-10-8-11(20)17-12(16-10)18-13(21)15-7-5-3-2-4-6-14-9-19;1-3-2-4(9)8-5(6)7-3/h8H,2-7H2,1H3,(H3,15,16,17,18,20,21);2H,1H3,(H3,6,7,8,9). The summed E-state index contributed by atoms with van der Waals surface area (Å²) in [7, 11) is 0. The number of carbonyl (C=O) groups excluding carboxylic acids is 2. The fraction of sp³-hybridized carbons (Fsp3) is 0.444. The minimum Gasteiger partial charge on any atom is -0.369 e. The van der Waals surface area contributed by atoms with Crippen molar-refractivity contribution in [2.24, 2.45) is 4.99 Å². The van der Waals surface area contributed by atoms with E-state index in [1.54, 1.807) is 13.8 Å². The highest BCUT2D eigenvalue weighted by Gasteiger charge is 2.03. The Labute approximate surface area is 172 Å². The van der Waals surface area contributed by atoms with Crippen LogP contribution in [0.15, 0.2) is 26.7 Å². The fourth-order valence-electron chi connectivity index (χ4n) is 2.31. The molecule has 0 aliphatic rings. The lowest BCUT2D eigenvalue weighted by Crippen LogP contribution is -2.31. The topological polar surface area (TPSA) is 188 Å². The lowest BCUT2D eigenvalue weighted by molar-refractivity contribution is 0.251. The maximum Gasteiger partial charge on any atom is 0.321 e. The van der Waals surface area contributed by atoms with Gasteiger partial charge in [-0.1, -0.05) is 12.8 Å².